The standard InChI is InChI=1S/C6H11NO4/c1-4(7)6(9)11-5(2)10-3-8/h3-5H,7H2,1-2H3. The molecule has 0 spiro atoms. The first kappa shape index (κ1) is 9.90. The summed E-state index contributed by atoms with van der Waals surface area (Å²) in [6, 6.07) is -0.701. The molecule has 0 aromatic carbocycles. The largest absolute Gasteiger partial charge is 0.428 e. The lowest BCUT2D eigenvalue weighted by Crippen LogP contribution is -2.32. The molecule has 0 aliphatic heterocycles. The second kappa shape index (κ2) is 4.68. The first-order chi connectivity index (χ1) is 5.07. The lowest BCUT2D eigenvalue weighted by Gasteiger charge is -2.11. The predicted molar refractivity (Wildman–Crippen MR) is 36.4 cm³/mol. The van der Waals surface area contributed by atoms with Gasteiger partial charge in [-0.25, -0.2) is 0 Å². The van der Waals surface area contributed by atoms with Crippen LogP contribution in [0.15, 0.2) is 0 Å². The van der Waals surface area contributed by atoms with E-state index in [4.69, 9.17) is 5.73 Å². The molecule has 5 heteroatoms. The highest BCUT2D eigenvalue weighted by molar-refractivity contribution is 5.75. The van der Waals surface area contributed by atoms with E-state index in [9.17, 15) is 9.59 Å². The molecule has 0 aromatic rings. The summed E-state index contributed by atoms with van der Waals surface area (Å²) in [7, 11) is 0. The van der Waals surface area contributed by atoms with E-state index >= 15 is 0 Å². The lowest BCUT2D eigenvalue weighted by molar-refractivity contribution is -0.177. The highest BCUT2D eigenvalue weighted by Crippen LogP contribution is 1.93. The maximum atomic E-state index is 10.7. The first-order valence-electron chi connectivity index (χ1n) is 3.13. The summed E-state index contributed by atoms with van der Waals surface area (Å²) in [5.74, 6) is -0.598. The van der Waals surface area contributed by atoms with Crippen LogP contribution in [-0.4, -0.2) is 24.8 Å². The van der Waals surface area contributed by atoms with Gasteiger partial charge in [-0.15, -0.1) is 0 Å². The number of hydrogen-bond acceptors (Lipinski definition) is 5. The van der Waals surface area contributed by atoms with E-state index in [1.165, 1.54) is 13.8 Å². The van der Waals surface area contributed by atoms with E-state index < -0.39 is 18.3 Å². The molecule has 0 radical (unpaired) electrons. The van der Waals surface area contributed by atoms with Gasteiger partial charge in [0.2, 0.25) is 6.29 Å². The molecule has 11 heavy (non-hydrogen) atoms. The molecule has 2 unspecified atom stereocenters. The van der Waals surface area contributed by atoms with Crippen LogP contribution in [0.4, 0.5) is 0 Å². The topological polar surface area (TPSA) is 78.6 Å². The Labute approximate surface area is 64.5 Å². The van der Waals surface area contributed by atoms with Crippen LogP contribution in [0.5, 0.6) is 0 Å². The highest BCUT2D eigenvalue weighted by Gasteiger charge is 2.12. The van der Waals surface area contributed by atoms with Crippen LogP contribution in [0.25, 0.3) is 0 Å². The quantitative estimate of drug-likeness (QED) is 0.338. The van der Waals surface area contributed by atoms with E-state index in [1.807, 2.05) is 0 Å². The van der Waals surface area contributed by atoms with Gasteiger partial charge in [0.25, 0.3) is 6.47 Å². The molecule has 0 saturated heterocycles. The van der Waals surface area contributed by atoms with Crippen LogP contribution < -0.4 is 5.73 Å². The second-order valence-electron chi connectivity index (χ2n) is 2.03. The van der Waals surface area contributed by atoms with Gasteiger partial charge in [-0.3, -0.25) is 9.59 Å². The van der Waals surface area contributed by atoms with Gasteiger partial charge < -0.3 is 15.2 Å². The van der Waals surface area contributed by atoms with Crippen LogP contribution >= 0.6 is 0 Å². The van der Waals surface area contributed by atoms with Crippen molar-refractivity contribution >= 4 is 12.4 Å². The molecule has 64 valence electrons. The number of hydrogen-bond donors (Lipinski definition) is 1. The second-order valence-corrected chi connectivity index (χ2v) is 2.03. The number of carbonyl (C=O) groups is 2. The summed E-state index contributed by atoms with van der Waals surface area (Å²) in [4.78, 5) is 20.4. The van der Waals surface area contributed by atoms with E-state index in [0.717, 1.165) is 0 Å². The van der Waals surface area contributed by atoms with E-state index in [0.29, 0.717) is 0 Å². The van der Waals surface area contributed by atoms with Crippen molar-refractivity contribution in [3.05, 3.63) is 0 Å². The molecule has 0 saturated carbocycles. The molecular weight excluding hydrogens is 150 g/mol. The van der Waals surface area contributed by atoms with E-state index in [1.54, 1.807) is 0 Å². The molecule has 0 aliphatic rings. The van der Waals surface area contributed by atoms with Crippen molar-refractivity contribution in [2.45, 2.75) is 26.2 Å². The van der Waals surface area contributed by atoms with Crippen LogP contribution in [0.1, 0.15) is 13.8 Å². The number of ether oxygens (including phenoxy) is 2. The van der Waals surface area contributed by atoms with Gasteiger partial charge >= 0.3 is 5.97 Å². The molecule has 0 bridgehead atoms. The summed E-state index contributed by atoms with van der Waals surface area (Å²) in [6.07, 6.45) is -0.869. The monoisotopic (exact) mass is 161 g/mol. The third-order valence-electron chi connectivity index (χ3n) is 0.901. The summed E-state index contributed by atoms with van der Waals surface area (Å²) < 4.78 is 8.82. The van der Waals surface area contributed by atoms with Gasteiger partial charge in [0.15, 0.2) is 0 Å². The van der Waals surface area contributed by atoms with Crippen molar-refractivity contribution in [3.8, 4) is 0 Å². The summed E-state index contributed by atoms with van der Waals surface area (Å²) in [6.45, 7) is 3.11. The minimum atomic E-state index is -0.869. The van der Waals surface area contributed by atoms with E-state index in [2.05, 4.69) is 9.47 Å². The Morgan fingerprint density at radius 1 is 1.55 bits per heavy atom. The smallest absolute Gasteiger partial charge is 0.325 e. The van der Waals surface area contributed by atoms with Gasteiger partial charge in [0, 0.05) is 6.92 Å². The third kappa shape index (κ3) is 4.32. The Morgan fingerprint density at radius 2 is 2.09 bits per heavy atom. The van der Waals surface area contributed by atoms with Gasteiger partial charge in [-0.1, -0.05) is 0 Å². The predicted octanol–water partition coefficient (Wildman–Crippen LogP) is -0.604. The first-order valence-corrected chi connectivity index (χ1v) is 3.13. The van der Waals surface area contributed by atoms with Crippen molar-refractivity contribution in [3.63, 3.8) is 0 Å². The molecule has 0 fully saturated rings. The minimum absolute atomic E-state index is 0.207. The average molecular weight is 161 g/mol. The fraction of sp³-hybridized carbons (Fsp3) is 0.667. The Kier molecular flexibility index (Phi) is 4.21. The zero-order valence-corrected chi connectivity index (χ0v) is 6.44. The van der Waals surface area contributed by atoms with Crippen molar-refractivity contribution in [1.29, 1.82) is 0 Å². The fourth-order valence-corrected chi connectivity index (χ4v) is 0.377. The lowest BCUT2D eigenvalue weighted by atomic mass is 10.4. The van der Waals surface area contributed by atoms with Gasteiger partial charge in [-0.2, -0.15) is 0 Å². The highest BCUT2D eigenvalue weighted by atomic mass is 16.7. The van der Waals surface area contributed by atoms with Gasteiger partial charge in [-0.05, 0) is 6.92 Å². The molecule has 2 N–H and O–H groups in total. The van der Waals surface area contributed by atoms with E-state index in [-0.39, 0.29) is 6.47 Å². The molecule has 0 aliphatic carbocycles. The molecule has 0 amide bonds. The number of nitrogens with two attached hydrogens (primary N) is 1. The number of esters is 1. The molecule has 0 heterocycles. The SMILES string of the molecule is CC(OC=O)OC(=O)C(C)N. The third-order valence-corrected chi connectivity index (χ3v) is 0.901. The Bertz CT molecular complexity index is 146. The summed E-state index contributed by atoms with van der Waals surface area (Å²) >= 11 is 0. The zero-order chi connectivity index (χ0) is 8.85. The van der Waals surface area contributed by atoms with Gasteiger partial charge in [0.05, 0.1) is 0 Å². The van der Waals surface area contributed by atoms with Crippen LogP contribution in [-0.2, 0) is 19.1 Å². The maximum Gasteiger partial charge on any atom is 0.325 e. The Morgan fingerprint density at radius 3 is 2.45 bits per heavy atom. The summed E-state index contributed by atoms with van der Waals surface area (Å²) in [5.41, 5.74) is 5.16. The molecule has 2 atom stereocenters. The van der Waals surface area contributed by atoms with Crippen molar-refractivity contribution in [1.82, 2.24) is 0 Å². The summed E-state index contributed by atoms with van der Waals surface area (Å²) in [5, 5.41) is 0. The van der Waals surface area contributed by atoms with Gasteiger partial charge in [0.1, 0.15) is 6.04 Å². The normalized spacial score (nSPS) is 14.8. The number of carbonyl (C=O) groups excluding carboxylic acids is 2. The zero-order valence-electron chi connectivity index (χ0n) is 6.44. The van der Waals surface area contributed by atoms with Crippen LogP contribution in [0.3, 0.4) is 0 Å². The minimum Gasteiger partial charge on any atom is -0.428 e. The van der Waals surface area contributed by atoms with Crippen LogP contribution in [0, 0.1) is 0 Å². The Balaban J connectivity index is 3.65. The van der Waals surface area contributed by atoms with Crippen molar-refractivity contribution in [2.24, 2.45) is 5.73 Å². The Hall–Kier alpha value is -1.10. The molecular formula is C6H11NO4. The average Bonchev–Trinajstić information content (AvgIpc) is 1.87. The maximum absolute atomic E-state index is 10.7. The van der Waals surface area contributed by atoms with Crippen molar-refractivity contribution in [2.75, 3.05) is 0 Å². The fourth-order valence-electron chi connectivity index (χ4n) is 0.377. The molecule has 0 rings (SSSR count). The number of rotatable bonds is 4. The van der Waals surface area contributed by atoms with Crippen LogP contribution in [0.2, 0.25) is 0 Å². The molecule has 0 aromatic heterocycles. The van der Waals surface area contributed by atoms with Crippen molar-refractivity contribution < 1.29 is 19.1 Å². The molecule has 5 nitrogen and oxygen atoms in total.